The van der Waals surface area contributed by atoms with Crippen molar-refractivity contribution in [2.45, 2.75) is 58.5 Å². The minimum absolute atomic E-state index is 0.0632. The van der Waals surface area contributed by atoms with Gasteiger partial charge < -0.3 is 10.0 Å². The highest BCUT2D eigenvalue weighted by molar-refractivity contribution is 5.80. The molecule has 1 heterocycles. The summed E-state index contributed by atoms with van der Waals surface area (Å²) < 4.78 is 0. The van der Waals surface area contributed by atoms with E-state index in [9.17, 15) is 9.90 Å². The Hall–Kier alpha value is -1.51. The van der Waals surface area contributed by atoms with Crippen molar-refractivity contribution in [2.75, 3.05) is 4.90 Å². The molecule has 0 amide bonds. The number of carboxylic acid groups (broad SMARTS) is 1. The Balaban J connectivity index is 2.59. The van der Waals surface area contributed by atoms with E-state index in [-0.39, 0.29) is 11.5 Å². The first kappa shape index (κ1) is 14.9. The molecule has 0 saturated heterocycles. The molecule has 0 bridgehead atoms. The van der Waals surface area contributed by atoms with E-state index in [0.717, 1.165) is 12.1 Å². The van der Waals surface area contributed by atoms with E-state index in [1.165, 1.54) is 5.56 Å². The van der Waals surface area contributed by atoms with Crippen LogP contribution in [-0.4, -0.2) is 22.7 Å². The third-order valence-electron chi connectivity index (χ3n) is 4.35. The lowest BCUT2D eigenvalue weighted by atomic mass is 9.78. The van der Waals surface area contributed by atoms with Crippen LogP contribution in [0.1, 0.15) is 52.5 Å². The van der Waals surface area contributed by atoms with Gasteiger partial charge in [0.1, 0.15) is 6.04 Å². The number of rotatable bonds is 3. The van der Waals surface area contributed by atoms with Gasteiger partial charge in [0.05, 0.1) is 0 Å². The van der Waals surface area contributed by atoms with Crippen LogP contribution in [0.25, 0.3) is 0 Å². The fourth-order valence-corrected chi connectivity index (χ4v) is 3.63. The molecular formula is C17H25NO2. The number of para-hydroxylation sites is 1. The van der Waals surface area contributed by atoms with Crippen LogP contribution < -0.4 is 4.90 Å². The zero-order chi connectivity index (χ0) is 15.1. The van der Waals surface area contributed by atoms with Gasteiger partial charge in [-0.05, 0) is 43.7 Å². The molecule has 3 heteroatoms. The molecule has 0 unspecified atom stereocenters. The van der Waals surface area contributed by atoms with Gasteiger partial charge in [-0.25, -0.2) is 4.79 Å². The van der Waals surface area contributed by atoms with Gasteiger partial charge in [-0.3, -0.25) is 0 Å². The van der Waals surface area contributed by atoms with Crippen molar-refractivity contribution >= 4 is 11.7 Å². The van der Waals surface area contributed by atoms with Gasteiger partial charge >= 0.3 is 5.97 Å². The Labute approximate surface area is 121 Å². The van der Waals surface area contributed by atoms with Crippen LogP contribution in [0, 0.1) is 5.92 Å². The Kier molecular flexibility index (Phi) is 3.81. The highest BCUT2D eigenvalue weighted by Gasteiger charge is 2.43. The molecule has 1 aliphatic heterocycles. The van der Waals surface area contributed by atoms with E-state index in [2.05, 4.69) is 37.8 Å². The van der Waals surface area contributed by atoms with Crippen LogP contribution in [0.2, 0.25) is 0 Å². The molecule has 0 spiro atoms. The van der Waals surface area contributed by atoms with E-state index in [1.54, 1.807) is 0 Å². The molecule has 3 nitrogen and oxygen atoms in total. The number of benzene rings is 1. The lowest BCUT2D eigenvalue weighted by molar-refractivity contribution is -0.140. The summed E-state index contributed by atoms with van der Waals surface area (Å²) in [5.41, 5.74) is 2.19. The van der Waals surface area contributed by atoms with E-state index in [4.69, 9.17) is 0 Å². The highest BCUT2D eigenvalue weighted by atomic mass is 16.4. The van der Waals surface area contributed by atoms with Crippen molar-refractivity contribution in [1.82, 2.24) is 0 Å². The van der Waals surface area contributed by atoms with E-state index >= 15 is 0 Å². The van der Waals surface area contributed by atoms with Gasteiger partial charge in [-0.2, -0.15) is 0 Å². The maximum absolute atomic E-state index is 11.8. The van der Waals surface area contributed by atoms with Crippen LogP contribution >= 0.6 is 0 Å². The van der Waals surface area contributed by atoms with Crippen molar-refractivity contribution in [3.05, 3.63) is 29.8 Å². The van der Waals surface area contributed by atoms with Crippen LogP contribution in [-0.2, 0) is 4.79 Å². The molecule has 0 aromatic heterocycles. The number of hydrogen-bond donors (Lipinski definition) is 1. The second-order valence-corrected chi connectivity index (χ2v) is 6.87. The normalized spacial score (nSPS) is 22.5. The van der Waals surface area contributed by atoms with Gasteiger partial charge in [-0.15, -0.1) is 0 Å². The number of fused-ring (bicyclic) bond motifs is 1. The third-order valence-corrected chi connectivity index (χ3v) is 4.35. The van der Waals surface area contributed by atoms with Crippen LogP contribution in [0.5, 0.6) is 0 Å². The molecule has 0 aliphatic carbocycles. The van der Waals surface area contributed by atoms with Gasteiger partial charge in [0, 0.05) is 11.2 Å². The Morgan fingerprint density at radius 3 is 2.50 bits per heavy atom. The Morgan fingerprint density at radius 1 is 1.35 bits per heavy atom. The number of nitrogens with zero attached hydrogens (tertiary/aromatic N) is 1. The lowest BCUT2D eigenvalue weighted by Crippen LogP contribution is -2.58. The molecule has 1 aromatic carbocycles. The second kappa shape index (κ2) is 5.12. The van der Waals surface area contributed by atoms with Crippen LogP contribution in [0.15, 0.2) is 24.3 Å². The SMILES string of the molecule is CC(C)[C@@H](C(=O)O)N1c2ccccc2[C@H](C)CC1(C)C. The van der Waals surface area contributed by atoms with Crippen molar-refractivity contribution in [2.24, 2.45) is 5.92 Å². The van der Waals surface area contributed by atoms with E-state index in [0.29, 0.717) is 5.92 Å². The largest absolute Gasteiger partial charge is 0.480 e. The Bertz CT molecular complexity index is 507. The molecule has 110 valence electrons. The van der Waals surface area contributed by atoms with E-state index in [1.807, 2.05) is 26.0 Å². The smallest absolute Gasteiger partial charge is 0.326 e. The average molecular weight is 275 g/mol. The number of aliphatic carboxylic acids is 1. The standard InChI is InChI=1S/C17H25NO2/c1-11(2)15(16(19)20)18-14-9-7-6-8-13(14)12(3)10-17(18,4)5/h6-9,11-12,15H,10H2,1-5H3,(H,19,20)/t12-,15+/m1/s1. The van der Waals surface area contributed by atoms with Crippen LogP contribution in [0.4, 0.5) is 5.69 Å². The molecule has 0 radical (unpaired) electrons. The quantitative estimate of drug-likeness (QED) is 0.910. The maximum atomic E-state index is 11.8. The zero-order valence-corrected chi connectivity index (χ0v) is 13.1. The fourth-order valence-electron chi connectivity index (χ4n) is 3.63. The number of carboxylic acids is 1. The minimum atomic E-state index is -0.738. The van der Waals surface area contributed by atoms with Gasteiger partial charge in [-0.1, -0.05) is 39.0 Å². The van der Waals surface area contributed by atoms with E-state index < -0.39 is 12.0 Å². The second-order valence-electron chi connectivity index (χ2n) is 6.87. The molecular weight excluding hydrogens is 250 g/mol. The van der Waals surface area contributed by atoms with Crippen molar-refractivity contribution in [1.29, 1.82) is 0 Å². The average Bonchev–Trinajstić information content (AvgIpc) is 2.32. The first-order valence-electron chi connectivity index (χ1n) is 7.37. The lowest BCUT2D eigenvalue weighted by Gasteiger charge is -2.51. The summed E-state index contributed by atoms with van der Waals surface area (Å²) in [4.78, 5) is 13.9. The summed E-state index contributed by atoms with van der Waals surface area (Å²) in [5.74, 6) is -0.218. The predicted molar refractivity (Wildman–Crippen MR) is 82.3 cm³/mol. The minimum Gasteiger partial charge on any atom is -0.480 e. The molecule has 1 N–H and O–H groups in total. The summed E-state index contributed by atoms with van der Waals surface area (Å²) in [7, 11) is 0. The molecule has 0 saturated carbocycles. The number of carbonyl (C=O) groups is 1. The van der Waals surface area contributed by atoms with Gasteiger partial charge in [0.25, 0.3) is 0 Å². The summed E-state index contributed by atoms with van der Waals surface area (Å²) in [6.07, 6.45) is 0.973. The molecule has 20 heavy (non-hydrogen) atoms. The summed E-state index contributed by atoms with van der Waals surface area (Å²) in [5, 5.41) is 9.68. The highest BCUT2D eigenvalue weighted by Crippen LogP contribution is 2.45. The zero-order valence-electron chi connectivity index (χ0n) is 13.1. The van der Waals surface area contributed by atoms with Crippen molar-refractivity contribution in [3.63, 3.8) is 0 Å². The van der Waals surface area contributed by atoms with Gasteiger partial charge in [0.15, 0.2) is 0 Å². The first-order chi connectivity index (χ1) is 9.25. The molecule has 2 atom stereocenters. The monoisotopic (exact) mass is 275 g/mol. The maximum Gasteiger partial charge on any atom is 0.326 e. The summed E-state index contributed by atoms with van der Waals surface area (Å²) >= 11 is 0. The molecule has 0 fully saturated rings. The predicted octanol–water partition coefficient (Wildman–Crippen LogP) is 3.89. The summed E-state index contributed by atoms with van der Waals surface area (Å²) in [6.45, 7) is 10.5. The number of anilines is 1. The fraction of sp³-hybridized carbons (Fsp3) is 0.588. The topological polar surface area (TPSA) is 40.5 Å². The van der Waals surface area contributed by atoms with Gasteiger partial charge in [0.2, 0.25) is 0 Å². The molecule has 1 aliphatic rings. The van der Waals surface area contributed by atoms with Crippen molar-refractivity contribution < 1.29 is 9.90 Å². The van der Waals surface area contributed by atoms with Crippen LogP contribution in [0.3, 0.4) is 0 Å². The molecule has 1 aromatic rings. The Morgan fingerprint density at radius 2 is 1.95 bits per heavy atom. The van der Waals surface area contributed by atoms with Crippen molar-refractivity contribution in [3.8, 4) is 0 Å². The first-order valence-corrected chi connectivity index (χ1v) is 7.37. The number of hydrogen-bond acceptors (Lipinski definition) is 2. The summed E-state index contributed by atoms with van der Waals surface area (Å²) in [6, 6.07) is 7.74. The third kappa shape index (κ3) is 2.41. The molecule has 2 rings (SSSR count).